The molecule has 3 amide bonds. The van der Waals surface area contributed by atoms with Gasteiger partial charge in [-0.1, -0.05) is 12.8 Å². The van der Waals surface area contributed by atoms with E-state index in [1.54, 1.807) is 9.80 Å². The van der Waals surface area contributed by atoms with E-state index in [1.165, 1.54) is 46.8 Å². The second-order valence-corrected chi connectivity index (χ2v) is 12.7. The highest BCUT2D eigenvalue weighted by molar-refractivity contribution is 7.89. The number of thiophene rings is 1. The van der Waals surface area contributed by atoms with Gasteiger partial charge in [-0.05, 0) is 62.9 Å². The van der Waals surface area contributed by atoms with Gasteiger partial charge in [0.2, 0.25) is 15.9 Å². The molecule has 1 saturated heterocycles. The zero-order valence-electron chi connectivity index (χ0n) is 22.3. The van der Waals surface area contributed by atoms with Gasteiger partial charge in [-0.3, -0.25) is 14.4 Å². The van der Waals surface area contributed by atoms with Gasteiger partial charge >= 0.3 is 0 Å². The van der Waals surface area contributed by atoms with Crippen molar-refractivity contribution in [1.29, 1.82) is 0 Å². The maximum Gasteiger partial charge on any atom is 0.257 e. The summed E-state index contributed by atoms with van der Waals surface area (Å²) in [6.45, 7) is 8.40. The maximum absolute atomic E-state index is 13.5. The van der Waals surface area contributed by atoms with Gasteiger partial charge in [0, 0.05) is 50.1 Å². The minimum atomic E-state index is -3.61. The summed E-state index contributed by atoms with van der Waals surface area (Å²) >= 11 is 1.33. The number of hydrogen-bond acceptors (Lipinski definition) is 6. The summed E-state index contributed by atoms with van der Waals surface area (Å²) in [6.07, 6.45) is 4.31. The monoisotopic (exact) mass is 560 g/mol. The van der Waals surface area contributed by atoms with Crippen molar-refractivity contribution in [2.75, 3.05) is 38.0 Å². The standard InChI is InChI=1S/C27H36N4O5S2/c1-4-29(5-2)27(34)24-22-14-17-30(19(3)32)18-23(22)37-26(24)28-25(33)20-10-12-21(13-11-20)38(35,36)31-15-8-6-7-9-16-31/h10-13H,4-9,14-18H2,1-3H3,(H,28,33). The lowest BCUT2D eigenvalue weighted by atomic mass is 10.0. The zero-order valence-corrected chi connectivity index (χ0v) is 23.9. The van der Waals surface area contributed by atoms with Gasteiger partial charge in [0.1, 0.15) is 5.00 Å². The first-order valence-electron chi connectivity index (χ1n) is 13.3. The van der Waals surface area contributed by atoms with Crippen LogP contribution in [-0.4, -0.2) is 73.0 Å². The topological polar surface area (TPSA) is 107 Å². The van der Waals surface area contributed by atoms with Crippen LogP contribution in [0.2, 0.25) is 0 Å². The Morgan fingerprint density at radius 2 is 1.61 bits per heavy atom. The number of amides is 3. The molecule has 1 N–H and O–H groups in total. The van der Waals surface area contributed by atoms with Gasteiger partial charge < -0.3 is 15.1 Å². The van der Waals surface area contributed by atoms with Crippen LogP contribution < -0.4 is 5.32 Å². The van der Waals surface area contributed by atoms with Crippen molar-refractivity contribution >= 4 is 44.1 Å². The number of anilines is 1. The Morgan fingerprint density at radius 1 is 0.974 bits per heavy atom. The van der Waals surface area contributed by atoms with E-state index in [-0.39, 0.29) is 16.7 Å². The summed E-state index contributed by atoms with van der Waals surface area (Å²) in [5.74, 6) is -0.584. The summed E-state index contributed by atoms with van der Waals surface area (Å²) in [5, 5.41) is 3.37. The minimum absolute atomic E-state index is 0.0264. The minimum Gasteiger partial charge on any atom is -0.339 e. The van der Waals surface area contributed by atoms with Gasteiger partial charge in [-0.25, -0.2) is 8.42 Å². The van der Waals surface area contributed by atoms with Crippen LogP contribution in [0.3, 0.4) is 0 Å². The average molecular weight is 561 g/mol. The van der Waals surface area contributed by atoms with Crippen LogP contribution in [0.25, 0.3) is 0 Å². The summed E-state index contributed by atoms with van der Waals surface area (Å²) < 4.78 is 27.7. The van der Waals surface area contributed by atoms with Crippen LogP contribution >= 0.6 is 11.3 Å². The molecule has 2 aliphatic heterocycles. The highest BCUT2D eigenvalue weighted by Gasteiger charge is 2.31. The summed E-state index contributed by atoms with van der Waals surface area (Å²) in [6, 6.07) is 5.97. The number of nitrogens with one attached hydrogen (secondary N) is 1. The zero-order chi connectivity index (χ0) is 27.4. The Morgan fingerprint density at radius 3 is 2.18 bits per heavy atom. The number of carbonyl (C=O) groups excluding carboxylic acids is 3. The Balaban J connectivity index is 1.59. The molecule has 4 rings (SSSR count). The van der Waals surface area contributed by atoms with Crippen molar-refractivity contribution in [3.63, 3.8) is 0 Å². The third kappa shape index (κ3) is 5.79. The summed E-state index contributed by atoms with van der Waals surface area (Å²) in [4.78, 5) is 43.2. The van der Waals surface area contributed by atoms with Crippen LogP contribution in [-0.2, 0) is 27.8 Å². The third-order valence-corrected chi connectivity index (χ3v) is 10.4. The molecule has 0 saturated carbocycles. The molecule has 38 heavy (non-hydrogen) atoms. The number of sulfonamides is 1. The SMILES string of the molecule is CCN(CC)C(=O)c1c(NC(=O)c2ccc(S(=O)(=O)N3CCCCCC3)cc2)sc2c1CCN(C(C)=O)C2. The summed E-state index contributed by atoms with van der Waals surface area (Å²) in [7, 11) is -3.61. The molecule has 1 fully saturated rings. The van der Waals surface area contributed by atoms with E-state index in [0.717, 1.165) is 36.1 Å². The molecule has 0 radical (unpaired) electrons. The van der Waals surface area contributed by atoms with Crippen molar-refractivity contribution < 1.29 is 22.8 Å². The van der Waals surface area contributed by atoms with Crippen molar-refractivity contribution in [1.82, 2.24) is 14.1 Å². The molecule has 2 aliphatic rings. The van der Waals surface area contributed by atoms with E-state index < -0.39 is 15.9 Å². The van der Waals surface area contributed by atoms with Crippen molar-refractivity contribution in [3.8, 4) is 0 Å². The van der Waals surface area contributed by atoms with Crippen molar-refractivity contribution in [2.45, 2.75) is 64.3 Å². The first kappa shape index (κ1) is 28.3. The van der Waals surface area contributed by atoms with Crippen LogP contribution in [0, 0.1) is 0 Å². The van der Waals surface area contributed by atoms with E-state index in [2.05, 4.69) is 5.32 Å². The predicted molar refractivity (Wildman–Crippen MR) is 148 cm³/mol. The van der Waals surface area contributed by atoms with Crippen LogP contribution in [0.4, 0.5) is 5.00 Å². The third-order valence-electron chi connectivity index (χ3n) is 7.31. The Hall–Kier alpha value is -2.76. The molecule has 2 aromatic rings. The average Bonchev–Trinajstić information content (AvgIpc) is 3.05. The molecule has 11 heteroatoms. The molecular formula is C27H36N4O5S2. The fraction of sp³-hybridized carbons (Fsp3) is 0.519. The molecule has 9 nitrogen and oxygen atoms in total. The fourth-order valence-electron chi connectivity index (χ4n) is 5.04. The largest absolute Gasteiger partial charge is 0.339 e. The first-order chi connectivity index (χ1) is 18.2. The molecule has 0 atom stereocenters. The Bertz CT molecular complexity index is 1290. The van der Waals surface area contributed by atoms with Crippen molar-refractivity contribution in [2.24, 2.45) is 0 Å². The van der Waals surface area contributed by atoms with E-state index >= 15 is 0 Å². The fourth-order valence-corrected chi connectivity index (χ4v) is 7.81. The van der Waals surface area contributed by atoms with Crippen LogP contribution in [0.15, 0.2) is 29.2 Å². The predicted octanol–water partition coefficient (Wildman–Crippen LogP) is 3.95. The highest BCUT2D eigenvalue weighted by Crippen LogP contribution is 2.38. The molecule has 206 valence electrons. The second-order valence-electron chi connectivity index (χ2n) is 9.67. The maximum atomic E-state index is 13.5. The number of benzene rings is 1. The molecule has 0 bridgehead atoms. The van der Waals surface area contributed by atoms with E-state index in [9.17, 15) is 22.8 Å². The molecular weight excluding hydrogens is 524 g/mol. The van der Waals surface area contributed by atoms with Crippen LogP contribution in [0.1, 0.15) is 77.6 Å². The Labute approximate surface area is 228 Å². The normalized spacial score (nSPS) is 16.4. The second kappa shape index (κ2) is 12.0. The van der Waals surface area contributed by atoms with E-state index in [1.807, 2.05) is 13.8 Å². The molecule has 0 spiro atoms. The molecule has 0 aliphatic carbocycles. The number of hydrogen-bond donors (Lipinski definition) is 1. The molecule has 1 aromatic heterocycles. The van der Waals surface area contributed by atoms with E-state index in [0.29, 0.717) is 61.8 Å². The number of fused-ring (bicyclic) bond motifs is 1. The summed E-state index contributed by atoms with van der Waals surface area (Å²) in [5.41, 5.74) is 1.68. The number of nitrogens with zero attached hydrogens (tertiary/aromatic N) is 3. The van der Waals surface area contributed by atoms with Crippen LogP contribution in [0.5, 0.6) is 0 Å². The Kier molecular flexibility index (Phi) is 8.89. The lowest BCUT2D eigenvalue weighted by Gasteiger charge is -2.27. The molecule has 3 heterocycles. The lowest BCUT2D eigenvalue weighted by Crippen LogP contribution is -2.35. The molecule has 0 unspecified atom stereocenters. The van der Waals surface area contributed by atoms with Gasteiger partial charge in [0.05, 0.1) is 17.0 Å². The quantitative estimate of drug-likeness (QED) is 0.552. The first-order valence-corrected chi connectivity index (χ1v) is 15.5. The van der Waals surface area contributed by atoms with Gasteiger partial charge in [-0.15, -0.1) is 11.3 Å². The van der Waals surface area contributed by atoms with Gasteiger partial charge in [0.15, 0.2) is 0 Å². The highest BCUT2D eigenvalue weighted by atomic mass is 32.2. The smallest absolute Gasteiger partial charge is 0.257 e. The van der Waals surface area contributed by atoms with E-state index in [4.69, 9.17) is 0 Å². The lowest BCUT2D eigenvalue weighted by molar-refractivity contribution is -0.129. The molecule has 1 aromatic carbocycles. The van der Waals surface area contributed by atoms with Gasteiger partial charge in [0.25, 0.3) is 11.8 Å². The van der Waals surface area contributed by atoms with Gasteiger partial charge in [-0.2, -0.15) is 4.31 Å². The number of rotatable bonds is 7. The number of carbonyl (C=O) groups is 3. The van der Waals surface area contributed by atoms with Crippen molar-refractivity contribution in [3.05, 3.63) is 45.8 Å².